The lowest BCUT2D eigenvalue weighted by Gasteiger charge is -2.24. The van der Waals surface area contributed by atoms with Crippen molar-refractivity contribution in [3.8, 4) is 0 Å². The molecule has 3 aromatic rings. The normalized spacial score (nSPS) is 17.8. The second kappa shape index (κ2) is 8.83. The number of hydrogen-bond acceptors (Lipinski definition) is 5. The third kappa shape index (κ3) is 4.79. The van der Waals surface area contributed by atoms with Crippen LogP contribution in [0.4, 0.5) is 5.82 Å². The monoisotopic (exact) mass is 406 g/mol. The molecule has 0 spiro atoms. The average Bonchev–Trinajstić information content (AvgIpc) is 3.09. The Balaban J connectivity index is 1.50. The minimum atomic E-state index is 0.146. The van der Waals surface area contributed by atoms with Crippen LogP contribution in [0.15, 0.2) is 42.9 Å². The Labute approximate surface area is 177 Å². The molecule has 1 aliphatic heterocycles. The van der Waals surface area contributed by atoms with Gasteiger partial charge in [-0.25, -0.2) is 9.97 Å². The molecule has 1 atom stereocenters. The number of nitrogens with one attached hydrogen (secondary N) is 1. The molecule has 1 fully saturated rings. The van der Waals surface area contributed by atoms with Crippen LogP contribution in [0.2, 0.25) is 0 Å². The lowest BCUT2D eigenvalue weighted by atomic mass is 10.0. The number of aromatic amines is 1. The fraction of sp³-hybridized carbons (Fsp3) is 0.435. The van der Waals surface area contributed by atoms with E-state index in [2.05, 4.69) is 44.1 Å². The highest BCUT2D eigenvalue weighted by Gasteiger charge is 2.25. The molecule has 3 heterocycles. The van der Waals surface area contributed by atoms with Crippen molar-refractivity contribution in [3.05, 3.63) is 54.1 Å². The molecule has 30 heavy (non-hydrogen) atoms. The highest BCUT2D eigenvalue weighted by atomic mass is 16.2. The predicted molar refractivity (Wildman–Crippen MR) is 119 cm³/mol. The van der Waals surface area contributed by atoms with Crippen LogP contribution < -0.4 is 4.90 Å². The lowest BCUT2D eigenvalue weighted by Crippen LogP contribution is -2.34. The molecule has 0 bridgehead atoms. The van der Waals surface area contributed by atoms with Gasteiger partial charge in [0.1, 0.15) is 12.1 Å². The molecule has 7 heteroatoms. The van der Waals surface area contributed by atoms with Gasteiger partial charge in [-0.2, -0.15) is 0 Å². The molecule has 1 N–H and O–H groups in total. The summed E-state index contributed by atoms with van der Waals surface area (Å²) in [4.78, 5) is 30.6. The predicted octanol–water partition coefficient (Wildman–Crippen LogP) is 2.55. The van der Waals surface area contributed by atoms with Gasteiger partial charge in [0.05, 0.1) is 0 Å². The van der Waals surface area contributed by atoms with Gasteiger partial charge in [-0.05, 0) is 41.5 Å². The molecule has 1 aliphatic rings. The summed E-state index contributed by atoms with van der Waals surface area (Å²) in [7, 11) is 3.97. The van der Waals surface area contributed by atoms with Crippen LogP contribution in [0, 0.1) is 5.92 Å². The fourth-order valence-electron chi connectivity index (χ4n) is 4.23. The molecule has 1 saturated heterocycles. The molecule has 0 aliphatic carbocycles. The molecule has 0 radical (unpaired) electrons. The van der Waals surface area contributed by atoms with Crippen LogP contribution in [0.1, 0.15) is 18.2 Å². The van der Waals surface area contributed by atoms with E-state index >= 15 is 0 Å². The van der Waals surface area contributed by atoms with E-state index < -0.39 is 0 Å². The van der Waals surface area contributed by atoms with Gasteiger partial charge in [0.15, 0.2) is 0 Å². The van der Waals surface area contributed by atoms with Crippen LogP contribution in [-0.4, -0.2) is 70.9 Å². The average molecular weight is 407 g/mol. The van der Waals surface area contributed by atoms with Crippen molar-refractivity contribution >= 4 is 22.6 Å². The summed E-state index contributed by atoms with van der Waals surface area (Å²) in [6.07, 6.45) is 4.44. The summed E-state index contributed by atoms with van der Waals surface area (Å²) in [5.74, 6) is 1.39. The summed E-state index contributed by atoms with van der Waals surface area (Å²) in [6, 6.07) is 10.7. The maximum Gasteiger partial charge on any atom is 0.219 e. The third-order valence-electron chi connectivity index (χ3n) is 5.82. The Morgan fingerprint density at radius 2 is 2.03 bits per heavy atom. The van der Waals surface area contributed by atoms with Gasteiger partial charge in [-0.15, -0.1) is 0 Å². The lowest BCUT2D eigenvalue weighted by molar-refractivity contribution is -0.129. The van der Waals surface area contributed by atoms with Gasteiger partial charge in [0.2, 0.25) is 5.91 Å². The summed E-state index contributed by atoms with van der Waals surface area (Å²) in [5, 5.41) is 1.24. The summed E-state index contributed by atoms with van der Waals surface area (Å²) < 4.78 is 0. The van der Waals surface area contributed by atoms with Crippen molar-refractivity contribution in [1.82, 2.24) is 24.8 Å². The second-order valence-electron chi connectivity index (χ2n) is 8.43. The van der Waals surface area contributed by atoms with Crippen LogP contribution in [0.25, 0.3) is 10.9 Å². The SMILES string of the molecule is CC(=O)N1CCN(Cc2ccc3[nH]ccc3c2)C[C@H](Cc2cc(N(C)C)ncn2)C1. The molecule has 7 nitrogen and oxygen atoms in total. The second-order valence-corrected chi connectivity index (χ2v) is 8.43. The highest BCUT2D eigenvalue weighted by molar-refractivity contribution is 5.79. The fourth-order valence-corrected chi connectivity index (χ4v) is 4.23. The summed E-state index contributed by atoms with van der Waals surface area (Å²) >= 11 is 0. The quantitative estimate of drug-likeness (QED) is 0.705. The number of carbonyl (C=O) groups is 1. The van der Waals surface area contributed by atoms with Crippen LogP contribution in [-0.2, 0) is 17.8 Å². The van der Waals surface area contributed by atoms with Gasteiger partial charge in [-0.3, -0.25) is 9.69 Å². The largest absolute Gasteiger partial charge is 0.363 e. The van der Waals surface area contributed by atoms with Crippen molar-refractivity contribution in [3.63, 3.8) is 0 Å². The standard InChI is InChI=1S/C23H30N6O/c1-17(30)29-9-8-28(13-18-4-5-22-20(10-18)6-7-24-22)14-19(15-29)11-21-12-23(27(2)3)26-16-25-21/h4-7,10,12,16,19,24H,8-9,11,13-15H2,1-3H3/t19-/m0/s1. The topological polar surface area (TPSA) is 68.4 Å². The van der Waals surface area contributed by atoms with Gasteiger partial charge in [-0.1, -0.05) is 6.07 Å². The van der Waals surface area contributed by atoms with Crippen molar-refractivity contribution in [1.29, 1.82) is 0 Å². The highest BCUT2D eigenvalue weighted by Crippen LogP contribution is 2.20. The minimum absolute atomic E-state index is 0.146. The van der Waals surface area contributed by atoms with Crippen molar-refractivity contribution in [2.45, 2.75) is 19.9 Å². The number of fused-ring (bicyclic) bond motifs is 1. The zero-order chi connectivity index (χ0) is 21.1. The van der Waals surface area contributed by atoms with E-state index in [1.165, 1.54) is 10.9 Å². The number of hydrogen-bond donors (Lipinski definition) is 1. The Hall–Kier alpha value is -2.93. The summed E-state index contributed by atoms with van der Waals surface area (Å²) in [6.45, 7) is 5.91. The number of benzene rings is 1. The smallest absolute Gasteiger partial charge is 0.219 e. The van der Waals surface area contributed by atoms with Gasteiger partial charge >= 0.3 is 0 Å². The number of amides is 1. The maximum atomic E-state index is 12.1. The number of rotatable bonds is 5. The summed E-state index contributed by atoms with van der Waals surface area (Å²) in [5.41, 5.74) is 3.49. The van der Waals surface area contributed by atoms with E-state index in [9.17, 15) is 4.79 Å². The first-order valence-electron chi connectivity index (χ1n) is 10.5. The third-order valence-corrected chi connectivity index (χ3v) is 5.82. The Kier molecular flexibility index (Phi) is 5.99. The number of H-pyrrole nitrogens is 1. The number of nitrogens with zero attached hydrogens (tertiary/aromatic N) is 5. The zero-order valence-electron chi connectivity index (χ0n) is 18.0. The van der Waals surface area contributed by atoms with Crippen LogP contribution in [0.5, 0.6) is 0 Å². The van der Waals surface area contributed by atoms with Gasteiger partial charge < -0.3 is 14.8 Å². The zero-order valence-corrected chi connectivity index (χ0v) is 18.0. The first kappa shape index (κ1) is 20.3. The first-order chi connectivity index (χ1) is 14.5. The molecule has 0 saturated carbocycles. The minimum Gasteiger partial charge on any atom is -0.363 e. The van der Waals surface area contributed by atoms with E-state index in [1.807, 2.05) is 36.2 Å². The Bertz CT molecular complexity index is 1010. The molecular formula is C23H30N6O. The Morgan fingerprint density at radius 3 is 2.83 bits per heavy atom. The van der Waals surface area contributed by atoms with Gasteiger partial charge in [0.25, 0.3) is 0 Å². The van der Waals surface area contributed by atoms with Crippen molar-refractivity contribution in [2.24, 2.45) is 5.92 Å². The van der Waals surface area contributed by atoms with E-state index in [0.717, 1.165) is 56.2 Å². The van der Waals surface area contributed by atoms with E-state index in [4.69, 9.17) is 0 Å². The molecule has 2 aromatic heterocycles. The molecule has 0 unspecified atom stereocenters. The van der Waals surface area contributed by atoms with E-state index in [-0.39, 0.29) is 5.91 Å². The van der Waals surface area contributed by atoms with E-state index in [1.54, 1.807) is 13.3 Å². The Morgan fingerprint density at radius 1 is 1.17 bits per heavy atom. The number of aromatic nitrogens is 3. The van der Waals surface area contributed by atoms with Crippen LogP contribution in [0.3, 0.4) is 0 Å². The van der Waals surface area contributed by atoms with Crippen molar-refractivity contribution in [2.75, 3.05) is 45.2 Å². The molecule has 1 aromatic carbocycles. The number of carbonyl (C=O) groups excluding carboxylic acids is 1. The van der Waals surface area contributed by atoms with E-state index in [0.29, 0.717) is 5.92 Å². The molecule has 4 rings (SSSR count). The first-order valence-corrected chi connectivity index (χ1v) is 10.5. The molecular weight excluding hydrogens is 376 g/mol. The van der Waals surface area contributed by atoms with Crippen molar-refractivity contribution < 1.29 is 4.79 Å². The maximum absolute atomic E-state index is 12.1. The molecule has 1 amide bonds. The van der Waals surface area contributed by atoms with Crippen LogP contribution >= 0.6 is 0 Å². The molecule has 158 valence electrons. The number of anilines is 1. The van der Waals surface area contributed by atoms with Gasteiger partial charge in [0, 0.05) is 77.2 Å².